The van der Waals surface area contributed by atoms with Gasteiger partial charge in [0.2, 0.25) is 15.9 Å². The Morgan fingerprint density at radius 3 is 2.68 bits per heavy atom. The molecule has 1 aromatic heterocycles. The molecule has 1 N–H and O–H groups in total. The van der Waals surface area contributed by atoms with Crippen LogP contribution in [0, 0.1) is 5.92 Å². The SMILES string of the molecule is CCS(=O)(=O)NC1CCN(C(C)=O)CC1COc1ccc(-n2cccn2)cc1. The van der Waals surface area contributed by atoms with Crippen molar-refractivity contribution in [2.45, 2.75) is 26.3 Å². The smallest absolute Gasteiger partial charge is 0.219 e. The largest absolute Gasteiger partial charge is 0.493 e. The summed E-state index contributed by atoms with van der Waals surface area (Å²) in [6, 6.07) is 9.13. The van der Waals surface area contributed by atoms with Gasteiger partial charge in [0.1, 0.15) is 5.75 Å². The number of piperidine rings is 1. The maximum atomic E-state index is 12.0. The van der Waals surface area contributed by atoms with Crippen molar-refractivity contribution in [2.24, 2.45) is 5.92 Å². The van der Waals surface area contributed by atoms with E-state index in [1.807, 2.05) is 36.5 Å². The minimum absolute atomic E-state index is 0.00891. The van der Waals surface area contributed by atoms with Crippen LogP contribution in [-0.2, 0) is 14.8 Å². The van der Waals surface area contributed by atoms with Crippen LogP contribution in [0.15, 0.2) is 42.7 Å². The monoisotopic (exact) mass is 406 g/mol. The Labute approximate surface area is 165 Å². The van der Waals surface area contributed by atoms with Crippen LogP contribution < -0.4 is 9.46 Å². The molecule has 0 spiro atoms. The zero-order valence-electron chi connectivity index (χ0n) is 16.1. The van der Waals surface area contributed by atoms with Gasteiger partial charge < -0.3 is 9.64 Å². The third-order valence-corrected chi connectivity index (χ3v) is 6.38. The average Bonchev–Trinajstić information content (AvgIpc) is 3.22. The molecule has 0 aliphatic carbocycles. The molecule has 9 heteroatoms. The first-order valence-corrected chi connectivity index (χ1v) is 11.0. The van der Waals surface area contributed by atoms with Gasteiger partial charge in [-0.1, -0.05) is 0 Å². The molecule has 2 heterocycles. The van der Waals surface area contributed by atoms with E-state index < -0.39 is 10.0 Å². The Hall–Kier alpha value is -2.39. The second-order valence-electron chi connectivity index (χ2n) is 6.90. The highest BCUT2D eigenvalue weighted by molar-refractivity contribution is 7.89. The van der Waals surface area contributed by atoms with Gasteiger partial charge >= 0.3 is 0 Å². The van der Waals surface area contributed by atoms with Crippen molar-refractivity contribution in [1.82, 2.24) is 19.4 Å². The Kier molecular flexibility index (Phi) is 6.35. The van der Waals surface area contributed by atoms with Gasteiger partial charge in [0.25, 0.3) is 0 Å². The summed E-state index contributed by atoms with van der Waals surface area (Å²) in [5, 5.41) is 4.19. The molecule has 0 bridgehead atoms. The summed E-state index contributed by atoms with van der Waals surface area (Å²) in [6.45, 7) is 4.48. The number of hydrogen-bond donors (Lipinski definition) is 1. The first kappa shape index (κ1) is 20.3. The van der Waals surface area contributed by atoms with Crippen molar-refractivity contribution in [3.05, 3.63) is 42.7 Å². The maximum absolute atomic E-state index is 12.0. The Morgan fingerprint density at radius 2 is 2.07 bits per heavy atom. The highest BCUT2D eigenvalue weighted by Gasteiger charge is 2.33. The van der Waals surface area contributed by atoms with Gasteiger partial charge in [-0.2, -0.15) is 5.10 Å². The molecular weight excluding hydrogens is 380 g/mol. The first-order valence-electron chi connectivity index (χ1n) is 9.36. The van der Waals surface area contributed by atoms with Crippen LogP contribution in [0.5, 0.6) is 5.75 Å². The number of aromatic nitrogens is 2. The maximum Gasteiger partial charge on any atom is 0.219 e. The molecule has 8 nitrogen and oxygen atoms in total. The van der Waals surface area contributed by atoms with Crippen LogP contribution in [0.4, 0.5) is 0 Å². The third-order valence-electron chi connectivity index (χ3n) is 4.96. The van der Waals surface area contributed by atoms with Gasteiger partial charge in [0.05, 0.1) is 18.0 Å². The van der Waals surface area contributed by atoms with E-state index in [-0.39, 0.29) is 23.6 Å². The molecule has 0 saturated carbocycles. The topological polar surface area (TPSA) is 93.5 Å². The summed E-state index contributed by atoms with van der Waals surface area (Å²) in [4.78, 5) is 13.5. The molecule has 152 valence electrons. The van der Waals surface area contributed by atoms with Crippen molar-refractivity contribution in [2.75, 3.05) is 25.4 Å². The van der Waals surface area contributed by atoms with Crippen molar-refractivity contribution in [3.8, 4) is 11.4 Å². The quantitative estimate of drug-likeness (QED) is 0.751. The lowest BCUT2D eigenvalue weighted by Crippen LogP contribution is -2.53. The van der Waals surface area contributed by atoms with Gasteiger partial charge in [0, 0.05) is 44.4 Å². The van der Waals surface area contributed by atoms with Crippen molar-refractivity contribution >= 4 is 15.9 Å². The van der Waals surface area contributed by atoms with Gasteiger partial charge in [-0.3, -0.25) is 4.79 Å². The summed E-state index contributed by atoms with van der Waals surface area (Å²) in [6.07, 6.45) is 4.15. The molecular formula is C19H26N4O4S. The number of benzene rings is 1. The number of likely N-dealkylation sites (tertiary alicyclic amines) is 1. The fourth-order valence-corrected chi connectivity index (χ4v) is 4.21. The Morgan fingerprint density at radius 1 is 1.32 bits per heavy atom. The van der Waals surface area contributed by atoms with Crippen molar-refractivity contribution < 1.29 is 17.9 Å². The van der Waals surface area contributed by atoms with Gasteiger partial charge in [-0.25, -0.2) is 17.8 Å². The predicted octanol–water partition coefficient (Wildman–Crippen LogP) is 1.43. The second-order valence-corrected chi connectivity index (χ2v) is 8.94. The van der Waals surface area contributed by atoms with E-state index in [4.69, 9.17) is 4.74 Å². The normalized spacial score (nSPS) is 20.1. The van der Waals surface area contributed by atoms with Crippen LogP contribution in [-0.4, -0.2) is 60.5 Å². The fourth-order valence-electron chi connectivity index (χ4n) is 3.28. The molecule has 2 atom stereocenters. The number of nitrogens with zero attached hydrogens (tertiary/aromatic N) is 3. The minimum atomic E-state index is -3.32. The summed E-state index contributed by atoms with van der Waals surface area (Å²) in [7, 11) is -3.32. The summed E-state index contributed by atoms with van der Waals surface area (Å²) < 4.78 is 34.5. The molecule has 1 fully saturated rings. The summed E-state index contributed by atoms with van der Waals surface area (Å²) in [5.41, 5.74) is 0.923. The molecule has 1 saturated heterocycles. The van der Waals surface area contributed by atoms with E-state index in [1.165, 1.54) is 6.92 Å². The van der Waals surface area contributed by atoms with Crippen LogP contribution in [0.25, 0.3) is 5.69 Å². The number of nitrogens with one attached hydrogen (secondary N) is 1. The highest BCUT2D eigenvalue weighted by atomic mass is 32.2. The van der Waals surface area contributed by atoms with E-state index in [0.717, 1.165) is 5.69 Å². The zero-order valence-corrected chi connectivity index (χ0v) is 16.9. The molecule has 2 aromatic rings. The van der Waals surface area contributed by atoms with E-state index in [1.54, 1.807) is 22.7 Å². The number of amides is 1. The number of sulfonamides is 1. The molecule has 2 unspecified atom stereocenters. The van der Waals surface area contributed by atoms with Crippen LogP contribution in [0.2, 0.25) is 0 Å². The lowest BCUT2D eigenvalue weighted by atomic mass is 9.93. The lowest BCUT2D eigenvalue weighted by Gasteiger charge is -2.38. The van der Waals surface area contributed by atoms with Crippen molar-refractivity contribution in [1.29, 1.82) is 0 Å². The molecule has 3 rings (SSSR count). The zero-order chi connectivity index (χ0) is 20.1. The van der Waals surface area contributed by atoms with E-state index >= 15 is 0 Å². The molecule has 1 aliphatic rings. The van der Waals surface area contributed by atoms with Crippen LogP contribution >= 0.6 is 0 Å². The van der Waals surface area contributed by atoms with Crippen LogP contribution in [0.1, 0.15) is 20.3 Å². The minimum Gasteiger partial charge on any atom is -0.493 e. The summed E-state index contributed by atoms with van der Waals surface area (Å²) in [5.74, 6) is 0.589. The molecule has 1 aromatic carbocycles. The first-order chi connectivity index (χ1) is 13.4. The van der Waals surface area contributed by atoms with E-state index in [0.29, 0.717) is 31.9 Å². The Balaban J connectivity index is 1.66. The predicted molar refractivity (Wildman–Crippen MR) is 106 cm³/mol. The fraction of sp³-hybridized carbons (Fsp3) is 0.474. The summed E-state index contributed by atoms with van der Waals surface area (Å²) >= 11 is 0. The lowest BCUT2D eigenvalue weighted by molar-refractivity contribution is -0.131. The number of rotatable bonds is 7. The molecule has 1 amide bonds. The number of carbonyl (C=O) groups is 1. The van der Waals surface area contributed by atoms with Gasteiger partial charge in [0.15, 0.2) is 0 Å². The molecule has 0 radical (unpaired) electrons. The van der Waals surface area contributed by atoms with Gasteiger partial charge in [-0.15, -0.1) is 0 Å². The van der Waals surface area contributed by atoms with Crippen LogP contribution in [0.3, 0.4) is 0 Å². The average molecular weight is 407 g/mol. The molecule has 1 aliphatic heterocycles. The number of ether oxygens (including phenoxy) is 1. The Bertz CT molecular complexity index is 881. The third kappa shape index (κ3) is 5.11. The number of hydrogen-bond acceptors (Lipinski definition) is 5. The highest BCUT2D eigenvalue weighted by Crippen LogP contribution is 2.21. The van der Waals surface area contributed by atoms with E-state index in [9.17, 15) is 13.2 Å². The van der Waals surface area contributed by atoms with Crippen molar-refractivity contribution in [3.63, 3.8) is 0 Å². The number of carbonyl (C=O) groups excluding carboxylic acids is 1. The second kappa shape index (κ2) is 8.74. The van der Waals surface area contributed by atoms with Gasteiger partial charge in [-0.05, 0) is 43.7 Å². The standard InChI is InChI=1S/C19H26N4O4S/c1-3-28(25,26)21-19-9-12-22(15(2)24)13-16(19)14-27-18-7-5-17(6-8-18)23-11-4-10-20-23/h4-8,10-11,16,19,21H,3,9,12-14H2,1-2H3. The van der Waals surface area contributed by atoms with E-state index in [2.05, 4.69) is 9.82 Å². The molecule has 28 heavy (non-hydrogen) atoms.